The standard InChI is InChI=1S/C25H24N2O3S/c28-22(19-8-7-17-4-1-2-5-18(17)16-19)13-14-24(29)26-20-9-11-21(12-10-20)27-25(30)23-6-3-15-31-23/h3,6-12,15-16H,1-2,4-5,13-14H2,(H,26,29)(H,27,30). The van der Waals surface area contributed by atoms with E-state index in [0.717, 1.165) is 12.8 Å². The van der Waals surface area contributed by atoms with Gasteiger partial charge in [0, 0.05) is 29.8 Å². The van der Waals surface area contributed by atoms with Crippen molar-refractivity contribution in [1.82, 2.24) is 0 Å². The van der Waals surface area contributed by atoms with Gasteiger partial charge in [0.05, 0.1) is 4.88 Å². The van der Waals surface area contributed by atoms with Crippen molar-refractivity contribution < 1.29 is 14.4 Å². The highest BCUT2D eigenvalue weighted by molar-refractivity contribution is 7.12. The second-order valence-electron chi connectivity index (χ2n) is 7.67. The Kier molecular flexibility index (Phi) is 6.57. The molecular weight excluding hydrogens is 408 g/mol. The van der Waals surface area contributed by atoms with Gasteiger partial charge < -0.3 is 10.6 Å². The highest BCUT2D eigenvalue weighted by atomic mass is 32.1. The van der Waals surface area contributed by atoms with Crippen molar-refractivity contribution in [3.63, 3.8) is 0 Å². The van der Waals surface area contributed by atoms with Gasteiger partial charge in [-0.25, -0.2) is 0 Å². The molecule has 0 spiro atoms. The summed E-state index contributed by atoms with van der Waals surface area (Å²) in [6.07, 6.45) is 4.81. The van der Waals surface area contributed by atoms with E-state index in [1.807, 2.05) is 23.6 Å². The number of carbonyl (C=O) groups is 3. The highest BCUT2D eigenvalue weighted by Gasteiger charge is 2.14. The van der Waals surface area contributed by atoms with Gasteiger partial charge in [-0.1, -0.05) is 18.2 Å². The van der Waals surface area contributed by atoms with Gasteiger partial charge in [-0.15, -0.1) is 11.3 Å². The Morgan fingerprint density at radius 1 is 0.806 bits per heavy atom. The Bertz CT molecular complexity index is 1090. The van der Waals surface area contributed by atoms with Gasteiger partial charge in [0.25, 0.3) is 5.91 Å². The van der Waals surface area contributed by atoms with Crippen LogP contribution < -0.4 is 10.6 Å². The van der Waals surface area contributed by atoms with Gasteiger partial charge in [0.15, 0.2) is 5.78 Å². The molecule has 158 valence electrons. The number of hydrogen-bond donors (Lipinski definition) is 2. The second-order valence-corrected chi connectivity index (χ2v) is 8.62. The van der Waals surface area contributed by atoms with Crippen molar-refractivity contribution in [2.24, 2.45) is 0 Å². The summed E-state index contributed by atoms with van der Waals surface area (Å²) in [6.45, 7) is 0. The maximum Gasteiger partial charge on any atom is 0.265 e. The van der Waals surface area contributed by atoms with E-state index >= 15 is 0 Å². The number of benzene rings is 2. The molecule has 31 heavy (non-hydrogen) atoms. The molecule has 1 aliphatic carbocycles. The molecule has 0 radical (unpaired) electrons. The Balaban J connectivity index is 1.26. The van der Waals surface area contributed by atoms with Crippen LogP contribution in [0.4, 0.5) is 11.4 Å². The topological polar surface area (TPSA) is 75.3 Å². The first-order valence-corrected chi connectivity index (χ1v) is 11.4. The third-order valence-corrected chi connectivity index (χ3v) is 6.29. The predicted molar refractivity (Wildman–Crippen MR) is 124 cm³/mol. The molecule has 2 aromatic carbocycles. The molecule has 0 saturated heterocycles. The fourth-order valence-electron chi connectivity index (χ4n) is 3.74. The maximum atomic E-state index is 12.5. The van der Waals surface area contributed by atoms with Crippen LogP contribution in [0.1, 0.15) is 56.8 Å². The minimum atomic E-state index is -0.207. The van der Waals surface area contributed by atoms with Crippen molar-refractivity contribution in [2.45, 2.75) is 38.5 Å². The van der Waals surface area contributed by atoms with Crippen LogP contribution >= 0.6 is 11.3 Å². The van der Waals surface area contributed by atoms with Gasteiger partial charge in [0.2, 0.25) is 5.91 Å². The summed E-state index contributed by atoms with van der Waals surface area (Å²) in [4.78, 5) is 37.5. The summed E-state index contributed by atoms with van der Waals surface area (Å²) >= 11 is 1.38. The quantitative estimate of drug-likeness (QED) is 0.485. The van der Waals surface area contributed by atoms with Gasteiger partial charge in [-0.3, -0.25) is 14.4 Å². The summed E-state index contributed by atoms with van der Waals surface area (Å²) in [5.74, 6) is -0.371. The van der Waals surface area contributed by atoms with Crippen LogP contribution in [0.2, 0.25) is 0 Å². The predicted octanol–water partition coefficient (Wildman–Crippen LogP) is 5.48. The average Bonchev–Trinajstić information content (AvgIpc) is 3.34. The van der Waals surface area contributed by atoms with Gasteiger partial charge in [-0.2, -0.15) is 0 Å². The van der Waals surface area contributed by atoms with Gasteiger partial charge in [-0.05, 0) is 78.6 Å². The van der Waals surface area contributed by atoms with Crippen molar-refractivity contribution in [3.8, 4) is 0 Å². The number of Topliss-reactive ketones (excluding diaryl/α,β-unsaturated/α-hetero) is 1. The lowest BCUT2D eigenvalue weighted by Gasteiger charge is -2.16. The Labute approximate surface area is 185 Å². The minimum Gasteiger partial charge on any atom is -0.326 e. The Morgan fingerprint density at radius 3 is 2.23 bits per heavy atom. The summed E-state index contributed by atoms with van der Waals surface area (Å²) in [6, 6.07) is 16.5. The summed E-state index contributed by atoms with van der Waals surface area (Å²) < 4.78 is 0. The van der Waals surface area contributed by atoms with E-state index in [4.69, 9.17) is 0 Å². The van der Waals surface area contributed by atoms with Crippen LogP contribution in [0.5, 0.6) is 0 Å². The summed E-state index contributed by atoms with van der Waals surface area (Å²) in [5.41, 5.74) is 4.59. The van der Waals surface area contributed by atoms with Crippen LogP contribution in [0.3, 0.4) is 0 Å². The number of aryl methyl sites for hydroxylation is 2. The monoisotopic (exact) mass is 432 g/mol. The van der Waals surface area contributed by atoms with Crippen LogP contribution in [0.25, 0.3) is 0 Å². The first-order chi connectivity index (χ1) is 15.1. The number of thiophene rings is 1. The smallest absolute Gasteiger partial charge is 0.265 e. The second kappa shape index (κ2) is 9.71. The molecule has 0 unspecified atom stereocenters. The number of fused-ring (bicyclic) bond motifs is 1. The first kappa shape index (κ1) is 21.0. The zero-order valence-corrected chi connectivity index (χ0v) is 18.0. The summed E-state index contributed by atoms with van der Waals surface area (Å²) in [5, 5.41) is 7.47. The molecule has 1 heterocycles. The number of rotatable bonds is 7. The zero-order valence-electron chi connectivity index (χ0n) is 17.1. The molecule has 1 aromatic heterocycles. The molecule has 6 heteroatoms. The molecule has 3 aromatic rings. The number of amides is 2. The van der Waals surface area contributed by atoms with Crippen LogP contribution in [0, 0.1) is 0 Å². The number of hydrogen-bond acceptors (Lipinski definition) is 4. The zero-order chi connectivity index (χ0) is 21.6. The van der Waals surface area contributed by atoms with Crippen molar-refractivity contribution >= 4 is 40.3 Å². The summed E-state index contributed by atoms with van der Waals surface area (Å²) in [7, 11) is 0. The fraction of sp³-hybridized carbons (Fsp3) is 0.240. The molecule has 5 nitrogen and oxygen atoms in total. The van der Waals surface area contributed by atoms with Gasteiger partial charge in [0.1, 0.15) is 0 Å². The van der Waals surface area contributed by atoms with E-state index < -0.39 is 0 Å². The van der Waals surface area contributed by atoms with Crippen LogP contribution in [-0.2, 0) is 17.6 Å². The van der Waals surface area contributed by atoms with E-state index in [0.29, 0.717) is 21.8 Å². The Hall–Kier alpha value is -3.25. The van der Waals surface area contributed by atoms with E-state index in [-0.39, 0.29) is 30.4 Å². The van der Waals surface area contributed by atoms with E-state index in [9.17, 15) is 14.4 Å². The number of carbonyl (C=O) groups excluding carboxylic acids is 3. The molecule has 2 N–H and O–H groups in total. The SMILES string of the molecule is O=C(CCC(=O)c1ccc2c(c1)CCCC2)Nc1ccc(NC(=O)c2cccs2)cc1. The van der Waals surface area contributed by atoms with Crippen LogP contribution in [-0.4, -0.2) is 17.6 Å². The number of nitrogens with one attached hydrogen (secondary N) is 2. The molecule has 2 amide bonds. The molecular formula is C25H24N2O3S. The lowest BCUT2D eigenvalue weighted by atomic mass is 9.89. The minimum absolute atomic E-state index is 0.00448. The molecule has 0 aliphatic heterocycles. The third kappa shape index (κ3) is 5.47. The number of ketones is 1. The molecule has 0 saturated carbocycles. The molecule has 0 bridgehead atoms. The number of anilines is 2. The Morgan fingerprint density at radius 2 is 1.52 bits per heavy atom. The third-order valence-electron chi connectivity index (χ3n) is 5.42. The first-order valence-electron chi connectivity index (χ1n) is 10.5. The van der Waals surface area contributed by atoms with E-state index in [1.165, 1.54) is 35.3 Å². The molecule has 0 atom stereocenters. The van der Waals surface area contributed by atoms with E-state index in [1.54, 1.807) is 30.3 Å². The average molecular weight is 433 g/mol. The molecule has 1 aliphatic rings. The van der Waals surface area contributed by atoms with E-state index in [2.05, 4.69) is 16.7 Å². The van der Waals surface area contributed by atoms with Crippen molar-refractivity contribution in [1.29, 1.82) is 0 Å². The largest absolute Gasteiger partial charge is 0.326 e. The molecule has 4 rings (SSSR count). The maximum absolute atomic E-state index is 12.5. The normalized spacial score (nSPS) is 12.6. The molecule has 0 fully saturated rings. The lowest BCUT2D eigenvalue weighted by Crippen LogP contribution is -2.14. The van der Waals surface area contributed by atoms with Crippen LogP contribution in [0.15, 0.2) is 60.0 Å². The highest BCUT2D eigenvalue weighted by Crippen LogP contribution is 2.23. The van der Waals surface area contributed by atoms with Crippen molar-refractivity contribution in [2.75, 3.05) is 10.6 Å². The van der Waals surface area contributed by atoms with Gasteiger partial charge >= 0.3 is 0 Å². The lowest BCUT2D eigenvalue weighted by molar-refractivity contribution is -0.116. The van der Waals surface area contributed by atoms with Crippen molar-refractivity contribution in [3.05, 3.63) is 81.5 Å². The fourth-order valence-corrected chi connectivity index (χ4v) is 4.36.